The van der Waals surface area contributed by atoms with Gasteiger partial charge >= 0.3 is 0 Å². The Hall–Kier alpha value is -1.16. The van der Waals surface area contributed by atoms with Crippen molar-refractivity contribution in [3.8, 4) is 0 Å². The number of hydrogen-bond donors (Lipinski definition) is 1. The number of carbonyl (C=O) groups excluding carboxylic acids is 1. The van der Waals surface area contributed by atoms with Crippen LogP contribution in [0.5, 0.6) is 0 Å². The van der Waals surface area contributed by atoms with E-state index in [9.17, 15) is 13.2 Å². The highest BCUT2D eigenvalue weighted by Gasteiger charge is 2.27. The van der Waals surface area contributed by atoms with Gasteiger partial charge in [0, 0.05) is 31.3 Å². The Morgan fingerprint density at radius 3 is 2.45 bits per heavy atom. The molecule has 0 aliphatic heterocycles. The molecule has 0 aliphatic carbocycles. The fourth-order valence-electron chi connectivity index (χ4n) is 2.48. The summed E-state index contributed by atoms with van der Waals surface area (Å²) in [4.78, 5) is 12.4. The van der Waals surface area contributed by atoms with Gasteiger partial charge in [0.15, 0.2) is 0 Å². The van der Waals surface area contributed by atoms with Gasteiger partial charge in [-0.1, -0.05) is 45.2 Å². The number of nitrogens with one attached hydrogen (secondary N) is 1. The molecule has 0 unspecified atom stereocenters. The molecule has 29 heavy (non-hydrogen) atoms. The summed E-state index contributed by atoms with van der Waals surface area (Å²) in [6, 6.07) is 11.1. The molecule has 2 aromatic rings. The first-order valence-electron chi connectivity index (χ1n) is 8.69. The molecule has 1 amide bonds. The zero-order valence-electron chi connectivity index (χ0n) is 15.7. The van der Waals surface area contributed by atoms with Crippen molar-refractivity contribution in [3.63, 3.8) is 0 Å². The van der Waals surface area contributed by atoms with E-state index < -0.39 is 15.9 Å². The summed E-state index contributed by atoms with van der Waals surface area (Å²) in [5.41, 5.74) is 0.618. The molecule has 0 bridgehead atoms. The number of sulfonamides is 1. The van der Waals surface area contributed by atoms with Gasteiger partial charge in [-0.05, 0) is 48.4 Å². The normalized spacial score (nSPS) is 11.6. The first-order chi connectivity index (χ1) is 13.7. The van der Waals surface area contributed by atoms with Gasteiger partial charge in [0.1, 0.15) is 0 Å². The number of methoxy groups -OCH3 is 1. The third kappa shape index (κ3) is 7.24. The number of rotatable bonds is 10. The van der Waals surface area contributed by atoms with Crippen LogP contribution in [-0.2, 0) is 26.1 Å². The fourth-order valence-corrected chi connectivity index (χ4v) is 4.45. The minimum absolute atomic E-state index is 0.0270. The lowest BCUT2D eigenvalue weighted by atomic mass is 10.2. The van der Waals surface area contributed by atoms with Gasteiger partial charge in [-0.3, -0.25) is 4.79 Å². The highest BCUT2D eigenvalue weighted by molar-refractivity contribution is 9.10. The highest BCUT2D eigenvalue weighted by atomic mass is 79.9. The predicted octanol–water partition coefficient (Wildman–Crippen LogP) is 4.10. The second-order valence-electron chi connectivity index (χ2n) is 6.17. The number of ether oxygens (including phenoxy) is 1. The third-order valence-corrected chi connectivity index (χ3v) is 7.04. The van der Waals surface area contributed by atoms with E-state index in [0.29, 0.717) is 35.2 Å². The monoisotopic (exact) mass is 522 g/mol. The van der Waals surface area contributed by atoms with Crippen molar-refractivity contribution in [1.82, 2.24) is 9.62 Å². The molecule has 158 valence electrons. The summed E-state index contributed by atoms with van der Waals surface area (Å²) in [5.74, 6) is -0.401. The van der Waals surface area contributed by atoms with Crippen molar-refractivity contribution in [3.05, 3.63) is 62.5 Å². The summed E-state index contributed by atoms with van der Waals surface area (Å²) < 4.78 is 33.1. The van der Waals surface area contributed by atoms with Crippen LogP contribution >= 0.6 is 39.1 Å². The predicted molar refractivity (Wildman–Crippen MR) is 118 cm³/mol. The summed E-state index contributed by atoms with van der Waals surface area (Å²) in [5, 5.41) is 3.39. The van der Waals surface area contributed by atoms with Crippen molar-refractivity contribution < 1.29 is 17.9 Å². The minimum atomic E-state index is -3.92. The lowest BCUT2D eigenvalue weighted by Gasteiger charge is -2.22. The van der Waals surface area contributed by atoms with Crippen LogP contribution in [0.2, 0.25) is 10.0 Å². The molecule has 0 radical (unpaired) electrons. The SMILES string of the molecule is COCCCNC(=O)CN(Cc1ccc(Cl)c(Cl)c1)S(=O)(=O)c1ccc(Br)cc1. The van der Waals surface area contributed by atoms with Gasteiger partial charge in [0.2, 0.25) is 15.9 Å². The van der Waals surface area contributed by atoms with E-state index in [0.717, 1.165) is 8.78 Å². The molecular formula is C19H21BrCl2N2O4S. The first-order valence-corrected chi connectivity index (χ1v) is 11.7. The Labute approximate surface area is 189 Å². The van der Waals surface area contributed by atoms with Crippen LogP contribution in [0.1, 0.15) is 12.0 Å². The molecule has 0 saturated carbocycles. The zero-order chi connectivity index (χ0) is 21.4. The Morgan fingerprint density at radius 2 is 1.83 bits per heavy atom. The topological polar surface area (TPSA) is 75.7 Å². The summed E-state index contributed by atoms with van der Waals surface area (Å²) in [6.07, 6.45) is 0.633. The fraction of sp³-hybridized carbons (Fsp3) is 0.316. The maximum Gasteiger partial charge on any atom is 0.243 e. The number of carbonyl (C=O) groups is 1. The van der Waals surface area contributed by atoms with Crippen molar-refractivity contribution in [2.24, 2.45) is 0 Å². The number of benzene rings is 2. The van der Waals surface area contributed by atoms with Gasteiger partial charge in [0.05, 0.1) is 21.5 Å². The third-order valence-electron chi connectivity index (χ3n) is 3.96. The molecule has 0 spiro atoms. The second kappa shape index (κ2) is 11.3. The van der Waals surface area contributed by atoms with Gasteiger partial charge < -0.3 is 10.1 Å². The standard InChI is InChI=1S/C19H21BrCl2N2O4S/c1-28-10-2-9-23-19(25)13-24(12-14-3-8-17(21)18(22)11-14)29(26,27)16-6-4-15(20)5-7-16/h3-8,11H,2,9-10,12-13H2,1H3,(H,23,25). The van der Waals surface area contributed by atoms with Crippen molar-refractivity contribution in [2.45, 2.75) is 17.9 Å². The van der Waals surface area contributed by atoms with E-state index in [-0.39, 0.29) is 18.0 Å². The van der Waals surface area contributed by atoms with Crippen LogP contribution in [0, 0.1) is 0 Å². The number of halogens is 3. The van der Waals surface area contributed by atoms with E-state index in [2.05, 4.69) is 21.2 Å². The van der Waals surface area contributed by atoms with Crippen LogP contribution in [0.4, 0.5) is 0 Å². The maximum atomic E-state index is 13.2. The van der Waals surface area contributed by atoms with Crippen LogP contribution < -0.4 is 5.32 Å². The molecule has 2 rings (SSSR count). The average molecular weight is 524 g/mol. The molecule has 0 fully saturated rings. The molecular weight excluding hydrogens is 503 g/mol. The number of hydrogen-bond acceptors (Lipinski definition) is 4. The lowest BCUT2D eigenvalue weighted by molar-refractivity contribution is -0.121. The van der Waals surface area contributed by atoms with Crippen LogP contribution in [0.25, 0.3) is 0 Å². The van der Waals surface area contributed by atoms with E-state index in [4.69, 9.17) is 27.9 Å². The van der Waals surface area contributed by atoms with Crippen LogP contribution in [0.15, 0.2) is 51.8 Å². The highest BCUT2D eigenvalue weighted by Crippen LogP contribution is 2.25. The zero-order valence-corrected chi connectivity index (χ0v) is 19.6. The molecule has 0 atom stereocenters. The van der Waals surface area contributed by atoms with E-state index in [1.807, 2.05) is 0 Å². The summed E-state index contributed by atoms with van der Waals surface area (Å²) in [7, 11) is -2.34. The Morgan fingerprint density at radius 1 is 1.14 bits per heavy atom. The summed E-state index contributed by atoms with van der Waals surface area (Å²) in [6.45, 7) is 0.544. The van der Waals surface area contributed by atoms with Crippen molar-refractivity contribution in [2.75, 3.05) is 26.8 Å². The maximum absolute atomic E-state index is 13.2. The Bertz CT molecular complexity index is 940. The molecule has 0 saturated heterocycles. The quantitative estimate of drug-likeness (QED) is 0.476. The van der Waals surface area contributed by atoms with Gasteiger partial charge in [-0.2, -0.15) is 4.31 Å². The molecule has 2 aromatic carbocycles. The molecule has 1 N–H and O–H groups in total. The minimum Gasteiger partial charge on any atom is -0.385 e. The first kappa shape index (κ1) is 24.1. The van der Waals surface area contributed by atoms with Crippen LogP contribution in [0.3, 0.4) is 0 Å². The van der Waals surface area contributed by atoms with Gasteiger partial charge in [-0.25, -0.2) is 8.42 Å². The Kier molecular flexibility index (Phi) is 9.39. The molecule has 10 heteroatoms. The van der Waals surface area contributed by atoms with Crippen LogP contribution in [-0.4, -0.2) is 45.4 Å². The molecule has 6 nitrogen and oxygen atoms in total. The number of amides is 1. The molecule has 0 heterocycles. The average Bonchev–Trinajstić information content (AvgIpc) is 2.68. The van der Waals surface area contributed by atoms with Gasteiger partial charge in [0.25, 0.3) is 0 Å². The lowest BCUT2D eigenvalue weighted by Crippen LogP contribution is -2.40. The van der Waals surface area contributed by atoms with Crippen molar-refractivity contribution >= 4 is 55.1 Å². The van der Waals surface area contributed by atoms with E-state index in [1.165, 1.54) is 12.1 Å². The second-order valence-corrected chi connectivity index (χ2v) is 9.84. The van der Waals surface area contributed by atoms with E-state index >= 15 is 0 Å². The van der Waals surface area contributed by atoms with Crippen molar-refractivity contribution in [1.29, 1.82) is 0 Å². The molecule has 0 aliphatic rings. The van der Waals surface area contributed by atoms with Gasteiger partial charge in [-0.15, -0.1) is 0 Å². The molecule has 0 aromatic heterocycles. The number of nitrogens with zero attached hydrogens (tertiary/aromatic N) is 1. The smallest absolute Gasteiger partial charge is 0.243 e. The van der Waals surface area contributed by atoms with E-state index in [1.54, 1.807) is 37.4 Å². The largest absolute Gasteiger partial charge is 0.385 e. The summed E-state index contributed by atoms with van der Waals surface area (Å²) >= 11 is 15.3. The Balaban J connectivity index is 2.25.